The van der Waals surface area contributed by atoms with Gasteiger partial charge in [0.1, 0.15) is 0 Å². The molecule has 0 saturated carbocycles. The first-order valence-electron chi connectivity index (χ1n) is 7.65. The van der Waals surface area contributed by atoms with Gasteiger partial charge >= 0.3 is 0 Å². The van der Waals surface area contributed by atoms with Gasteiger partial charge in [-0.3, -0.25) is 4.99 Å². The van der Waals surface area contributed by atoms with Gasteiger partial charge in [0.2, 0.25) is 0 Å². The van der Waals surface area contributed by atoms with Crippen LogP contribution >= 0.6 is 0 Å². The molecule has 4 heteroatoms. The topological polar surface area (TPSA) is 39.7 Å². The SMILES string of the molecule is CN=C(NCCC(C)C)NCc1ccc(N(C)C)cc1C. The summed E-state index contributed by atoms with van der Waals surface area (Å²) in [6.45, 7) is 8.36. The summed E-state index contributed by atoms with van der Waals surface area (Å²) in [5.41, 5.74) is 3.83. The molecular formula is C17H30N4. The number of nitrogens with one attached hydrogen (secondary N) is 2. The van der Waals surface area contributed by atoms with Crippen LogP contribution in [0.3, 0.4) is 0 Å². The molecule has 1 rings (SSSR count). The van der Waals surface area contributed by atoms with E-state index in [1.807, 2.05) is 7.05 Å². The second kappa shape index (κ2) is 8.55. The van der Waals surface area contributed by atoms with Crippen LogP contribution in [0, 0.1) is 12.8 Å². The Morgan fingerprint density at radius 1 is 1.24 bits per heavy atom. The number of hydrogen-bond acceptors (Lipinski definition) is 2. The van der Waals surface area contributed by atoms with Gasteiger partial charge < -0.3 is 15.5 Å². The minimum Gasteiger partial charge on any atom is -0.378 e. The summed E-state index contributed by atoms with van der Waals surface area (Å²) >= 11 is 0. The highest BCUT2D eigenvalue weighted by Crippen LogP contribution is 2.17. The van der Waals surface area contributed by atoms with Crippen molar-refractivity contribution in [2.45, 2.75) is 33.7 Å². The van der Waals surface area contributed by atoms with E-state index in [0.29, 0.717) is 5.92 Å². The monoisotopic (exact) mass is 290 g/mol. The van der Waals surface area contributed by atoms with Crippen molar-refractivity contribution in [1.82, 2.24) is 10.6 Å². The Hall–Kier alpha value is -1.71. The van der Waals surface area contributed by atoms with Crippen molar-refractivity contribution in [3.05, 3.63) is 29.3 Å². The van der Waals surface area contributed by atoms with Gasteiger partial charge in [-0.15, -0.1) is 0 Å². The number of anilines is 1. The Bertz CT molecular complexity index is 464. The highest BCUT2D eigenvalue weighted by atomic mass is 15.2. The van der Waals surface area contributed by atoms with E-state index in [0.717, 1.165) is 25.5 Å². The summed E-state index contributed by atoms with van der Waals surface area (Å²) in [5, 5.41) is 6.72. The number of hydrogen-bond donors (Lipinski definition) is 2. The van der Waals surface area contributed by atoms with Gasteiger partial charge in [-0.05, 0) is 42.5 Å². The molecule has 0 aliphatic rings. The quantitative estimate of drug-likeness (QED) is 0.625. The molecule has 0 spiro atoms. The molecule has 0 unspecified atom stereocenters. The lowest BCUT2D eigenvalue weighted by molar-refractivity contribution is 0.573. The first kappa shape index (κ1) is 17.3. The van der Waals surface area contributed by atoms with Crippen molar-refractivity contribution < 1.29 is 0 Å². The zero-order valence-corrected chi connectivity index (χ0v) is 14.3. The maximum atomic E-state index is 4.26. The molecular weight excluding hydrogens is 260 g/mol. The van der Waals surface area contributed by atoms with Crippen LogP contribution in [-0.2, 0) is 6.54 Å². The van der Waals surface area contributed by atoms with E-state index in [4.69, 9.17) is 0 Å². The first-order valence-corrected chi connectivity index (χ1v) is 7.65. The van der Waals surface area contributed by atoms with Gasteiger partial charge in [0.15, 0.2) is 5.96 Å². The van der Waals surface area contributed by atoms with E-state index in [2.05, 4.69) is 73.6 Å². The molecule has 0 atom stereocenters. The van der Waals surface area contributed by atoms with Gasteiger partial charge in [-0.2, -0.15) is 0 Å². The first-order chi connectivity index (χ1) is 9.93. The van der Waals surface area contributed by atoms with Crippen LogP contribution in [0.1, 0.15) is 31.4 Å². The van der Waals surface area contributed by atoms with Crippen molar-refractivity contribution in [2.24, 2.45) is 10.9 Å². The normalized spacial score (nSPS) is 11.7. The second-order valence-electron chi connectivity index (χ2n) is 6.04. The molecule has 0 heterocycles. The lowest BCUT2D eigenvalue weighted by Crippen LogP contribution is -2.37. The molecule has 1 aromatic rings. The predicted molar refractivity (Wildman–Crippen MR) is 93.2 cm³/mol. The highest BCUT2D eigenvalue weighted by Gasteiger charge is 2.03. The van der Waals surface area contributed by atoms with Crippen LogP contribution in [0.15, 0.2) is 23.2 Å². The number of rotatable bonds is 6. The summed E-state index contributed by atoms with van der Waals surface area (Å²) in [7, 11) is 5.94. The molecule has 0 bridgehead atoms. The van der Waals surface area contributed by atoms with Crippen molar-refractivity contribution in [2.75, 3.05) is 32.6 Å². The Labute approximate surface area is 129 Å². The molecule has 2 N–H and O–H groups in total. The standard InChI is InChI=1S/C17H30N4/c1-13(2)9-10-19-17(18-4)20-12-15-7-8-16(21(5)6)11-14(15)3/h7-8,11,13H,9-10,12H2,1-6H3,(H2,18,19,20). The van der Waals surface area contributed by atoms with Crippen LogP contribution in [-0.4, -0.2) is 33.6 Å². The van der Waals surface area contributed by atoms with E-state index in [9.17, 15) is 0 Å². The minimum absolute atomic E-state index is 0.705. The van der Waals surface area contributed by atoms with Crippen LogP contribution in [0.5, 0.6) is 0 Å². The van der Waals surface area contributed by atoms with Crippen LogP contribution in [0.2, 0.25) is 0 Å². The third-order valence-corrected chi connectivity index (χ3v) is 3.53. The van der Waals surface area contributed by atoms with Gasteiger partial charge in [0.25, 0.3) is 0 Å². The fourth-order valence-electron chi connectivity index (χ4n) is 2.04. The Morgan fingerprint density at radius 2 is 1.95 bits per heavy atom. The number of aryl methyl sites for hydroxylation is 1. The van der Waals surface area contributed by atoms with Gasteiger partial charge in [-0.25, -0.2) is 0 Å². The summed E-state index contributed by atoms with van der Waals surface area (Å²) in [6.07, 6.45) is 1.15. The molecule has 0 amide bonds. The predicted octanol–water partition coefficient (Wildman–Crippen LogP) is 2.77. The van der Waals surface area contributed by atoms with Gasteiger partial charge in [-0.1, -0.05) is 19.9 Å². The summed E-state index contributed by atoms with van der Waals surface area (Å²) < 4.78 is 0. The molecule has 0 fully saturated rings. The molecule has 118 valence electrons. The summed E-state index contributed by atoms with van der Waals surface area (Å²) in [4.78, 5) is 6.38. The van der Waals surface area contributed by atoms with E-state index in [1.165, 1.54) is 16.8 Å². The molecule has 21 heavy (non-hydrogen) atoms. The lowest BCUT2D eigenvalue weighted by atomic mass is 10.1. The zero-order valence-electron chi connectivity index (χ0n) is 14.3. The number of aliphatic imine (C=N–C) groups is 1. The van der Waals surface area contributed by atoms with Crippen LogP contribution < -0.4 is 15.5 Å². The van der Waals surface area contributed by atoms with Crippen molar-refractivity contribution in [3.8, 4) is 0 Å². The van der Waals surface area contributed by atoms with E-state index < -0.39 is 0 Å². The maximum absolute atomic E-state index is 4.26. The second-order valence-corrected chi connectivity index (χ2v) is 6.04. The van der Waals surface area contributed by atoms with Crippen molar-refractivity contribution >= 4 is 11.6 Å². The molecule has 4 nitrogen and oxygen atoms in total. The Balaban J connectivity index is 2.53. The summed E-state index contributed by atoms with van der Waals surface area (Å²) in [5.74, 6) is 1.57. The third kappa shape index (κ3) is 6.06. The lowest BCUT2D eigenvalue weighted by Gasteiger charge is -2.17. The largest absolute Gasteiger partial charge is 0.378 e. The Kier molecular flexibility index (Phi) is 7.06. The van der Waals surface area contributed by atoms with E-state index >= 15 is 0 Å². The van der Waals surface area contributed by atoms with E-state index in [-0.39, 0.29) is 0 Å². The van der Waals surface area contributed by atoms with Crippen molar-refractivity contribution in [3.63, 3.8) is 0 Å². The summed E-state index contributed by atoms with van der Waals surface area (Å²) in [6, 6.07) is 6.55. The molecule has 0 aliphatic heterocycles. The molecule has 0 saturated heterocycles. The molecule has 0 aliphatic carbocycles. The van der Waals surface area contributed by atoms with Gasteiger partial charge in [0.05, 0.1) is 0 Å². The average Bonchev–Trinajstić information content (AvgIpc) is 2.43. The van der Waals surface area contributed by atoms with Gasteiger partial charge in [0, 0.05) is 39.9 Å². The number of guanidine groups is 1. The van der Waals surface area contributed by atoms with Crippen molar-refractivity contribution in [1.29, 1.82) is 0 Å². The average molecular weight is 290 g/mol. The Morgan fingerprint density at radius 3 is 2.48 bits per heavy atom. The zero-order chi connectivity index (χ0) is 15.8. The fraction of sp³-hybridized carbons (Fsp3) is 0.588. The smallest absolute Gasteiger partial charge is 0.191 e. The maximum Gasteiger partial charge on any atom is 0.191 e. The molecule has 0 radical (unpaired) electrons. The fourth-order valence-corrected chi connectivity index (χ4v) is 2.04. The highest BCUT2D eigenvalue weighted by molar-refractivity contribution is 5.79. The van der Waals surface area contributed by atoms with Crippen LogP contribution in [0.4, 0.5) is 5.69 Å². The minimum atomic E-state index is 0.705. The number of nitrogens with zero attached hydrogens (tertiary/aromatic N) is 2. The molecule has 0 aromatic heterocycles. The third-order valence-electron chi connectivity index (χ3n) is 3.53. The molecule has 1 aromatic carbocycles. The number of benzene rings is 1. The van der Waals surface area contributed by atoms with Crippen LogP contribution in [0.25, 0.3) is 0 Å². The van der Waals surface area contributed by atoms with E-state index in [1.54, 1.807) is 0 Å².